The van der Waals surface area contributed by atoms with E-state index in [-0.39, 0.29) is 0 Å². The van der Waals surface area contributed by atoms with E-state index in [2.05, 4.69) is 37.5 Å². The van der Waals surface area contributed by atoms with Gasteiger partial charge >= 0.3 is 0 Å². The minimum absolute atomic E-state index is 0.530. The third-order valence-corrected chi connectivity index (χ3v) is 7.24. The molecule has 0 spiro atoms. The van der Waals surface area contributed by atoms with Crippen LogP contribution in [0.2, 0.25) is 0 Å². The lowest BCUT2D eigenvalue weighted by atomic mass is 9.89. The average Bonchev–Trinajstić information content (AvgIpc) is 3.22. The van der Waals surface area contributed by atoms with Crippen LogP contribution in [0, 0.1) is 40.9 Å². The van der Waals surface area contributed by atoms with Crippen LogP contribution >= 0.6 is 0 Å². The van der Waals surface area contributed by atoms with E-state index in [1.807, 2.05) is 0 Å². The summed E-state index contributed by atoms with van der Waals surface area (Å²) < 4.78 is 0. The van der Waals surface area contributed by atoms with E-state index < -0.39 is 0 Å². The quantitative estimate of drug-likeness (QED) is 0.701. The van der Waals surface area contributed by atoms with Gasteiger partial charge in [0.25, 0.3) is 0 Å². The first-order valence-corrected chi connectivity index (χ1v) is 10.3. The van der Waals surface area contributed by atoms with Crippen LogP contribution in [-0.2, 0) is 0 Å². The van der Waals surface area contributed by atoms with Crippen LogP contribution in [0.5, 0.6) is 0 Å². The summed E-state index contributed by atoms with van der Waals surface area (Å²) in [5, 5.41) is 0. The molecule has 0 amide bonds. The highest BCUT2D eigenvalue weighted by atomic mass is 15.2. The second kappa shape index (κ2) is 6.02. The topological polar surface area (TPSA) is 6.48 Å². The fourth-order valence-electron chi connectivity index (χ4n) is 5.53. The Bertz CT molecular complexity index is 404. The number of nitrogens with zero attached hydrogens (tertiary/aromatic N) is 2. The largest absolute Gasteiger partial charge is 0.303 e. The van der Waals surface area contributed by atoms with E-state index in [1.165, 1.54) is 65.0 Å². The first-order chi connectivity index (χ1) is 10.9. The van der Waals surface area contributed by atoms with Gasteiger partial charge in [-0.25, -0.2) is 0 Å². The summed E-state index contributed by atoms with van der Waals surface area (Å²) in [5.74, 6) is 6.30. The molecular weight excluding hydrogens is 280 g/mol. The monoisotopic (exact) mass is 318 g/mol. The SMILES string of the molecule is CC(CCN1CC2C(CCC(C)(C)C)C2C1)CN1CC2CC2C1. The van der Waals surface area contributed by atoms with Gasteiger partial charge in [-0.15, -0.1) is 0 Å². The molecule has 2 saturated heterocycles. The Hall–Kier alpha value is -0.0800. The Morgan fingerprint density at radius 3 is 2.22 bits per heavy atom. The molecular formula is C21H38N2. The van der Waals surface area contributed by atoms with Crippen LogP contribution in [-0.4, -0.2) is 49.1 Å². The van der Waals surface area contributed by atoms with E-state index in [4.69, 9.17) is 0 Å². The van der Waals surface area contributed by atoms with E-state index >= 15 is 0 Å². The van der Waals surface area contributed by atoms with Crippen molar-refractivity contribution in [1.82, 2.24) is 9.80 Å². The minimum Gasteiger partial charge on any atom is -0.303 e. The molecule has 5 unspecified atom stereocenters. The van der Waals surface area contributed by atoms with Gasteiger partial charge < -0.3 is 9.80 Å². The van der Waals surface area contributed by atoms with Crippen molar-refractivity contribution in [3.63, 3.8) is 0 Å². The first kappa shape index (κ1) is 16.4. The molecule has 2 saturated carbocycles. The van der Waals surface area contributed by atoms with E-state index in [9.17, 15) is 0 Å². The van der Waals surface area contributed by atoms with Crippen molar-refractivity contribution in [3.8, 4) is 0 Å². The average molecular weight is 319 g/mol. The highest BCUT2D eigenvalue weighted by Gasteiger charge is 2.54. The number of hydrogen-bond acceptors (Lipinski definition) is 2. The van der Waals surface area contributed by atoms with Crippen molar-refractivity contribution in [3.05, 3.63) is 0 Å². The molecule has 5 atom stereocenters. The predicted molar refractivity (Wildman–Crippen MR) is 97.4 cm³/mol. The molecule has 132 valence electrons. The number of piperidine rings is 2. The van der Waals surface area contributed by atoms with Crippen LogP contribution in [0.1, 0.15) is 53.4 Å². The number of fused-ring (bicyclic) bond motifs is 2. The zero-order valence-electron chi connectivity index (χ0n) is 15.9. The Labute approximate surface area is 144 Å². The first-order valence-electron chi connectivity index (χ1n) is 10.3. The molecule has 0 aromatic heterocycles. The van der Waals surface area contributed by atoms with Gasteiger partial charge in [-0.1, -0.05) is 27.7 Å². The normalized spacial score (nSPS) is 41.0. The van der Waals surface area contributed by atoms with Gasteiger partial charge in [0.1, 0.15) is 0 Å². The summed E-state index contributed by atoms with van der Waals surface area (Å²) in [4.78, 5) is 5.52. The van der Waals surface area contributed by atoms with E-state index in [0.717, 1.165) is 35.5 Å². The lowest BCUT2D eigenvalue weighted by Gasteiger charge is -2.25. The second-order valence-electron chi connectivity index (χ2n) is 10.7. The Kier molecular flexibility index (Phi) is 4.29. The van der Waals surface area contributed by atoms with Gasteiger partial charge in [-0.3, -0.25) is 0 Å². The fourth-order valence-corrected chi connectivity index (χ4v) is 5.53. The summed E-state index contributed by atoms with van der Waals surface area (Å²) in [6, 6.07) is 0. The zero-order valence-corrected chi connectivity index (χ0v) is 15.9. The molecule has 2 heterocycles. The lowest BCUT2D eigenvalue weighted by molar-refractivity contribution is 0.219. The molecule has 2 aliphatic heterocycles. The lowest BCUT2D eigenvalue weighted by Crippen LogP contribution is -2.31. The summed E-state index contributed by atoms with van der Waals surface area (Å²) in [6.07, 6.45) is 5.86. The molecule has 4 fully saturated rings. The van der Waals surface area contributed by atoms with Gasteiger partial charge in [0.2, 0.25) is 0 Å². The van der Waals surface area contributed by atoms with Crippen LogP contribution < -0.4 is 0 Å². The Morgan fingerprint density at radius 2 is 1.61 bits per heavy atom. The summed E-state index contributed by atoms with van der Waals surface area (Å²) in [6.45, 7) is 18.0. The third-order valence-electron chi connectivity index (χ3n) is 7.24. The predicted octanol–water partition coefficient (Wildman–Crippen LogP) is 3.97. The zero-order chi connectivity index (χ0) is 16.2. The molecule has 0 aromatic rings. The number of rotatable bonds is 7. The van der Waals surface area contributed by atoms with Crippen molar-refractivity contribution in [2.45, 2.75) is 53.4 Å². The number of likely N-dealkylation sites (tertiary alicyclic amines) is 2. The fraction of sp³-hybridized carbons (Fsp3) is 1.00. The summed E-state index contributed by atoms with van der Waals surface area (Å²) in [5.41, 5.74) is 0.530. The van der Waals surface area contributed by atoms with Crippen molar-refractivity contribution in [1.29, 1.82) is 0 Å². The summed E-state index contributed by atoms with van der Waals surface area (Å²) in [7, 11) is 0. The van der Waals surface area contributed by atoms with Crippen molar-refractivity contribution < 1.29 is 0 Å². The number of hydrogen-bond donors (Lipinski definition) is 0. The molecule has 0 N–H and O–H groups in total. The van der Waals surface area contributed by atoms with Crippen molar-refractivity contribution in [2.24, 2.45) is 40.9 Å². The third kappa shape index (κ3) is 3.95. The highest BCUT2D eigenvalue weighted by molar-refractivity contribution is 5.05. The highest BCUT2D eigenvalue weighted by Crippen LogP contribution is 2.54. The van der Waals surface area contributed by atoms with Gasteiger partial charge in [0.15, 0.2) is 0 Å². The minimum atomic E-state index is 0.530. The molecule has 4 aliphatic rings. The molecule has 0 radical (unpaired) electrons. The van der Waals surface area contributed by atoms with Crippen LogP contribution in [0.25, 0.3) is 0 Å². The maximum Gasteiger partial charge on any atom is 0.00158 e. The molecule has 2 nitrogen and oxygen atoms in total. The second-order valence-corrected chi connectivity index (χ2v) is 10.7. The molecule has 0 aromatic carbocycles. The van der Waals surface area contributed by atoms with Gasteiger partial charge in [0.05, 0.1) is 0 Å². The molecule has 2 heteroatoms. The summed E-state index contributed by atoms with van der Waals surface area (Å²) >= 11 is 0. The van der Waals surface area contributed by atoms with Crippen LogP contribution in [0.15, 0.2) is 0 Å². The van der Waals surface area contributed by atoms with Crippen molar-refractivity contribution in [2.75, 3.05) is 39.3 Å². The molecule has 0 bridgehead atoms. The standard InChI is InChI=1S/C21H38N2/c1-15(10-23-11-16-9-17(16)12-23)6-8-22-13-19-18(20(19)14-22)5-7-21(2,3)4/h15-20H,5-14H2,1-4H3. The molecule has 4 rings (SSSR count). The van der Waals surface area contributed by atoms with Crippen LogP contribution in [0.4, 0.5) is 0 Å². The Balaban J connectivity index is 1.09. The van der Waals surface area contributed by atoms with Gasteiger partial charge in [0, 0.05) is 32.7 Å². The molecule has 23 heavy (non-hydrogen) atoms. The van der Waals surface area contributed by atoms with E-state index in [0.29, 0.717) is 5.41 Å². The maximum absolute atomic E-state index is 2.78. The van der Waals surface area contributed by atoms with Crippen LogP contribution in [0.3, 0.4) is 0 Å². The van der Waals surface area contributed by atoms with Gasteiger partial charge in [-0.05, 0) is 73.2 Å². The Morgan fingerprint density at radius 1 is 0.957 bits per heavy atom. The van der Waals surface area contributed by atoms with Gasteiger partial charge in [-0.2, -0.15) is 0 Å². The smallest absolute Gasteiger partial charge is 0.00158 e. The maximum atomic E-state index is 2.78. The van der Waals surface area contributed by atoms with Crippen molar-refractivity contribution >= 4 is 0 Å². The van der Waals surface area contributed by atoms with E-state index in [1.54, 1.807) is 0 Å². The molecule has 2 aliphatic carbocycles.